The van der Waals surface area contributed by atoms with Gasteiger partial charge in [0.2, 0.25) is 5.91 Å². The molecule has 0 aliphatic carbocycles. The molecule has 0 saturated carbocycles. The van der Waals surface area contributed by atoms with Crippen LogP contribution in [0.1, 0.15) is 46.6 Å². The number of β-lactam (4-membered cyclic amide) rings is 1. The van der Waals surface area contributed by atoms with Crippen molar-refractivity contribution in [1.29, 1.82) is 0 Å². The summed E-state index contributed by atoms with van der Waals surface area (Å²) < 4.78 is 11.5. The van der Waals surface area contributed by atoms with E-state index in [-0.39, 0.29) is 35.1 Å². The molecular weight excluding hydrogens is 444 g/mol. The first-order valence-corrected chi connectivity index (χ1v) is 13.9. The highest BCUT2D eigenvalue weighted by Crippen LogP contribution is 2.39. The molecule has 0 spiro atoms. The van der Waals surface area contributed by atoms with Gasteiger partial charge in [-0.15, -0.1) is 0 Å². The molecule has 33 heavy (non-hydrogen) atoms. The van der Waals surface area contributed by atoms with Crippen LogP contribution in [-0.2, 0) is 30.2 Å². The first-order chi connectivity index (χ1) is 15.1. The van der Waals surface area contributed by atoms with Gasteiger partial charge < -0.3 is 14.5 Å². The Bertz CT molecular complexity index is 908. The van der Waals surface area contributed by atoms with Crippen LogP contribution in [0.5, 0.6) is 0 Å². The number of nitrogens with one attached hydrogen (secondary N) is 1. The van der Waals surface area contributed by atoms with Gasteiger partial charge in [0.15, 0.2) is 8.32 Å². The molecule has 4 atom stereocenters. The summed E-state index contributed by atoms with van der Waals surface area (Å²) in [6.45, 7) is 14.1. The predicted octanol–water partition coefficient (Wildman–Crippen LogP) is 3.76. The number of nitrogens with zero attached hydrogens (tertiary/aromatic N) is 1. The highest BCUT2D eigenvalue weighted by Gasteiger charge is 2.50. The number of esters is 1. The van der Waals surface area contributed by atoms with Gasteiger partial charge in [-0.1, -0.05) is 27.7 Å². The minimum absolute atomic E-state index is 0.00809. The van der Waals surface area contributed by atoms with Crippen LogP contribution in [0, 0.1) is 22.0 Å². The number of Topliss-reactive ketones (excluding diaryl/α,β-unsaturated/α-hetero) is 1. The molecule has 1 aliphatic rings. The summed E-state index contributed by atoms with van der Waals surface area (Å²) in [6, 6.07) is 5.24. The number of rotatable bonds is 10. The van der Waals surface area contributed by atoms with E-state index < -0.39 is 43.5 Å². The predicted molar refractivity (Wildman–Crippen MR) is 125 cm³/mol. The molecule has 0 aromatic heterocycles. The maximum absolute atomic E-state index is 12.7. The first-order valence-electron chi connectivity index (χ1n) is 11.0. The van der Waals surface area contributed by atoms with Crippen molar-refractivity contribution in [3.63, 3.8) is 0 Å². The molecule has 1 N–H and O–H groups in total. The van der Waals surface area contributed by atoms with Crippen molar-refractivity contribution in [1.82, 2.24) is 5.32 Å². The van der Waals surface area contributed by atoms with E-state index in [9.17, 15) is 24.5 Å². The minimum atomic E-state index is -2.09. The number of ether oxygens (including phenoxy) is 1. The molecule has 9 nitrogen and oxygen atoms in total. The Morgan fingerprint density at radius 3 is 2.24 bits per heavy atom. The Balaban J connectivity index is 1.90. The number of nitro benzene ring substituents is 1. The quantitative estimate of drug-likeness (QED) is 0.136. The maximum Gasteiger partial charge on any atom is 0.313 e. The molecule has 1 amide bonds. The zero-order valence-electron chi connectivity index (χ0n) is 20.3. The smallest absolute Gasteiger partial charge is 0.313 e. The number of nitro groups is 1. The van der Waals surface area contributed by atoms with Gasteiger partial charge in [-0.25, -0.2) is 0 Å². The molecule has 1 unspecified atom stereocenters. The van der Waals surface area contributed by atoms with Crippen molar-refractivity contribution in [2.45, 2.75) is 77.9 Å². The fourth-order valence-electron chi connectivity index (χ4n) is 3.51. The first kappa shape index (κ1) is 26.7. The molecule has 182 valence electrons. The third-order valence-corrected chi connectivity index (χ3v) is 11.3. The zero-order chi connectivity index (χ0) is 25.1. The van der Waals surface area contributed by atoms with Gasteiger partial charge >= 0.3 is 5.97 Å². The normalized spacial score (nSPS) is 20.3. The number of hydrogen-bond donors (Lipinski definition) is 1. The van der Waals surface area contributed by atoms with Crippen LogP contribution in [0.2, 0.25) is 18.1 Å². The monoisotopic (exact) mass is 478 g/mol. The summed E-state index contributed by atoms with van der Waals surface area (Å²) in [5.74, 6) is -2.16. The molecular formula is C23H34N2O7Si. The average Bonchev–Trinajstić information content (AvgIpc) is 2.68. The molecule has 1 aromatic rings. The number of carbonyl (C=O) groups is 3. The molecule has 0 bridgehead atoms. The van der Waals surface area contributed by atoms with Gasteiger partial charge in [0, 0.05) is 18.1 Å². The van der Waals surface area contributed by atoms with Gasteiger partial charge in [0.1, 0.15) is 18.8 Å². The number of hydrogen-bond acceptors (Lipinski definition) is 7. The fourth-order valence-corrected chi connectivity index (χ4v) is 4.93. The van der Waals surface area contributed by atoms with Crippen molar-refractivity contribution in [2.75, 3.05) is 0 Å². The SMILES string of the molecule is CC(O[Si](C)(C)C(C)(C)C)[C@H]1C(=O)N[C@@H]1[C@@H](C)C(=O)CC(=O)OCc1ccc([N+](=O)[O-])cc1. The van der Waals surface area contributed by atoms with Crippen molar-refractivity contribution >= 4 is 31.7 Å². The van der Waals surface area contributed by atoms with Gasteiger partial charge in [-0.2, -0.15) is 0 Å². The van der Waals surface area contributed by atoms with E-state index in [0.29, 0.717) is 5.56 Å². The van der Waals surface area contributed by atoms with Crippen LogP contribution in [0.25, 0.3) is 0 Å². The lowest BCUT2D eigenvalue weighted by atomic mass is 9.77. The average molecular weight is 479 g/mol. The molecule has 1 saturated heterocycles. The molecule has 1 heterocycles. The summed E-state index contributed by atoms with van der Waals surface area (Å²) in [4.78, 5) is 47.3. The second-order valence-corrected chi connectivity index (χ2v) is 14.9. The van der Waals surface area contributed by atoms with Crippen LogP contribution in [0.15, 0.2) is 24.3 Å². The number of carbonyl (C=O) groups excluding carboxylic acids is 3. The molecule has 1 fully saturated rings. The van der Waals surface area contributed by atoms with Crippen LogP contribution in [0.3, 0.4) is 0 Å². The van der Waals surface area contributed by atoms with Crippen molar-refractivity contribution in [2.24, 2.45) is 11.8 Å². The van der Waals surface area contributed by atoms with Crippen LogP contribution >= 0.6 is 0 Å². The third-order valence-electron chi connectivity index (χ3n) is 6.70. The largest absolute Gasteiger partial charge is 0.460 e. The maximum atomic E-state index is 12.7. The van der Waals surface area contributed by atoms with E-state index in [0.717, 1.165) is 0 Å². The molecule has 1 aliphatic heterocycles. The van der Waals surface area contributed by atoms with Crippen molar-refractivity contribution in [3.05, 3.63) is 39.9 Å². The number of ketones is 1. The molecule has 2 rings (SSSR count). The van der Waals surface area contributed by atoms with Gasteiger partial charge in [-0.3, -0.25) is 24.5 Å². The highest BCUT2D eigenvalue weighted by atomic mass is 28.4. The molecule has 0 radical (unpaired) electrons. The minimum Gasteiger partial charge on any atom is -0.460 e. The summed E-state index contributed by atoms with van der Waals surface area (Å²) in [7, 11) is -2.09. The summed E-state index contributed by atoms with van der Waals surface area (Å²) in [5.41, 5.74) is 0.523. The number of benzene rings is 1. The van der Waals surface area contributed by atoms with Gasteiger partial charge in [-0.05, 0) is 42.8 Å². The van der Waals surface area contributed by atoms with Gasteiger partial charge in [0.05, 0.1) is 23.0 Å². The Morgan fingerprint density at radius 2 is 1.76 bits per heavy atom. The Morgan fingerprint density at radius 1 is 1.18 bits per heavy atom. The standard InChI is InChI=1S/C23H34N2O7Si/c1-14(21-20(22(28)24-21)15(2)32-33(6,7)23(3,4)5)18(26)12-19(27)31-13-16-8-10-17(11-9-16)25(29)30/h8-11,14-15,20-21H,12-13H2,1-7H3,(H,24,28)/t14-,15?,20+,21+/m0/s1. The Hall–Kier alpha value is -2.59. The lowest BCUT2D eigenvalue weighted by Gasteiger charge is -2.46. The zero-order valence-corrected chi connectivity index (χ0v) is 21.3. The summed E-state index contributed by atoms with van der Waals surface area (Å²) >= 11 is 0. The van der Waals surface area contributed by atoms with E-state index in [1.54, 1.807) is 6.92 Å². The van der Waals surface area contributed by atoms with E-state index in [2.05, 4.69) is 39.2 Å². The Labute approximate surface area is 195 Å². The third kappa shape index (κ3) is 6.48. The fraction of sp³-hybridized carbons (Fsp3) is 0.609. The van der Waals surface area contributed by atoms with E-state index in [1.807, 2.05) is 6.92 Å². The van der Waals surface area contributed by atoms with Crippen molar-refractivity contribution < 1.29 is 28.5 Å². The number of amides is 1. The second kappa shape index (κ2) is 10.1. The topological polar surface area (TPSA) is 125 Å². The molecule has 10 heteroatoms. The molecule has 1 aromatic carbocycles. The van der Waals surface area contributed by atoms with Crippen LogP contribution in [0.4, 0.5) is 5.69 Å². The summed E-state index contributed by atoms with van der Waals surface area (Å²) in [5, 5.41) is 13.5. The van der Waals surface area contributed by atoms with Crippen molar-refractivity contribution in [3.8, 4) is 0 Å². The lowest BCUT2D eigenvalue weighted by molar-refractivity contribution is -0.384. The second-order valence-electron chi connectivity index (χ2n) is 10.2. The highest BCUT2D eigenvalue weighted by molar-refractivity contribution is 6.74. The van der Waals surface area contributed by atoms with Crippen LogP contribution < -0.4 is 5.32 Å². The van der Waals surface area contributed by atoms with E-state index >= 15 is 0 Å². The van der Waals surface area contributed by atoms with E-state index in [4.69, 9.17) is 9.16 Å². The van der Waals surface area contributed by atoms with Crippen LogP contribution in [-0.4, -0.2) is 43.0 Å². The summed E-state index contributed by atoms with van der Waals surface area (Å²) in [6.07, 6.45) is -0.751. The lowest BCUT2D eigenvalue weighted by Crippen LogP contribution is -2.66. The van der Waals surface area contributed by atoms with E-state index in [1.165, 1.54) is 24.3 Å². The number of non-ortho nitro benzene ring substituents is 1. The Kier molecular flexibility index (Phi) is 8.18. The van der Waals surface area contributed by atoms with Gasteiger partial charge in [0.25, 0.3) is 5.69 Å².